The van der Waals surface area contributed by atoms with Crippen molar-refractivity contribution in [3.63, 3.8) is 0 Å². The van der Waals surface area contributed by atoms with Crippen molar-refractivity contribution in [2.45, 2.75) is 0 Å². The number of benzene rings is 1. The first-order chi connectivity index (χ1) is 6.69. The van der Waals surface area contributed by atoms with Gasteiger partial charge >= 0.3 is 0 Å². The van der Waals surface area contributed by atoms with Gasteiger partial charge in [-0.3, -0.25) is 4.99 Å². The first-order valence-corrected chi connectivity index (χ1v) is 4.39. The lowest BCUT2D eigenvalue weighted by atomic mass is 10.1. The number of hydrogen-bond acceptors (Lipinski definition) is 3. The van der Waals surface area contributed by atoms with E-state index in [0.717, 1.165) is 11.1 Å². The normalized spacial score (nSPS) is 12.3. The number of nitrogens with two attached hydrogens (primary N) is 1. The van der Waals surface area contributed by atoms with Gasteiger partial charge in [-0.2, -0.15) is 0 Å². The fourth-order valence-corrected chi connectivity index (χ4v) is 1.22. The second-order valence-corrected chi connectivity index (χ2v) is 3.08. The molecule has 0 aliphatic carbocycles. The van der Waals surface area contributed by atoms with Crippen LogP contribution in [0.3, 0.4) is 0 Å². The topological polar surface area (TPSA) is 58.6 Å². The van der Waals surface area contributed by atoms with Crippen molar-refractivity contribution in [1.82, 2.24) is 0 Å². The van der Waals surface area contributed by atoms with E-state index in [0.29, 0.717) is 5.02 Å². The molecule has 3 nitrogen and oxygen atoms in total. The molecule has 3 N–H and O–H groups in total. The smallest absolute Gasteiger partial charge is 0.134 e. The minimum absolute atomic E-state index is 0.0558. The highest BCUT2D eigenvalue weighted by Gasteiger charge is 2.02. The molecule has 0 bridgehead atoms. The van der Waals surface area contributed by atoms with Crippen molar-refractivity contribution in [3.8, 4) is 5.75 Å². The molecule has 0 aromatic heterocycles. The predicted octanol–water partition coefficient (Wildman–Crippen LogP) is 2.05. The summed E-state index contributed by atoms with van der Waals surface area (Å²) in [5.41, 5.74) is 7.00. The summed E-state index contributed by atoms with van der Waals surface area (Å²) in [5.74, 6) is 0.0558. The summed E-state index contributed by atoms with van der Waals surface area (Å²) in [5, 5.41) is 9.51. The number of rotatable bonds is 2. The molecule has 0 aliphatic rings. The number of phenols is 1. The Hall–Kier alpha value is -1.48. The average Bonchev–Trinajstić information content (AvgIpc) is 2.19. The van der Waals surface area contributed by atoms with Gasteiger partial charge in [0, 0.05) is 25.0 Å². The third-order valence-electron chi connectivity index (χ3n) is 1.73. The largest absolute Gasteiger partial charge is 0.506 e. The number of halogens is 1. The van der Waals surface area contributed by atoms with Gasteiger partial charge in [-0.25, -0.2) is 0 Å². The summed E-state index contributed by atoms with van der Waals surface area (Å²) in [4.78, 5) is 3.86. The van der Waals surface area contributed by atoms with E-state index in [1.54, 1.807) is 25.4 Å². The number of aromatic hydroxyl groups is 1. The van der Waals surface area contributed by atoms with Crippen LogP contribution in [0.4, 0.5) is 0 Å². The maximum absolute atomic E-state index is 9.21. The van der Waals surface area contributed by atoms with Crippen LogP contribution >= 0.6 is 11.6 Å². The molecule has 74 valence electrons. The van der Waals surface area contributed by atoms with Crippen molar-refractivity contribution < 1.29 is 5.11 Å². The van der Waals surface area contributed by atoms with Crippen molar-refractivity contribution >= 4 is 23.4 Å². The van der Waals surface area contributed by atoms with Crippen LogP contribution < -0.4 is 5.73 Å². The van der Waals surface area contributed by atoms with Gasteiger partial charge < -0.3 is 10.8 Å². The number of phenolic OH excluding ortho intramolecular Hbond substituents is 1. The lowest BCUT2D eigenvalue weighted by molar-refractivity contribution is 0.475. The summed E-state index contributed by atoms with van der Waals surface area (Å²) < 4.78 is 0. The molecule has 1 aromatic rings. The highest BCUT2D eigenvalue weighted by atomic mass is 35.5. The van der Waals surface area contributed by atoms with Gasteiger partial charge in [0.05, 0.1) is 5.02 Å². The van der Waals surface area contributed by atoms with Gasteiger partial charge in [0.25, 0.3) is 0 Å². The highest BCUT2D eigenvalue weighted by Crippen LogP contribution is 2.26. The zero-order valence-electron chi connectivity index (χ0n) is 7.74. The van der Waals surface area contributed by atoms with Crippen molar-refractivity contribution in [3.05, 3.63) is 35.0 Å². The first-order valence-electron chi connectivity index (χ1n) is 4.02. The molecule has 0 saturated carbocycles. The Morgan fingerprint density at radius 2 is 2.29 bits per heavy atom. The molecule has 0 unspecified atom stereocenters. The highest BCUT2D eigenvalue weighted by molar-refractivity contribution is 6.32. The molecule has 0 atom stereocenters. The number of aliphatic imine (C=N–C) groups is 1. The SMILES string of the molecule is CN=CC(=CN)c1ccc(O)c(Cl)c1. The second-order valence-electron chi connectivity index (χ2n) is 2.68. The summed E-state index contributed by atoms with van der Waals surface area (Å²) in [6.45, 7) is 0. The molecule has 0 aliphatic heterocycles. The quantitative estimate of drug-likeness (QED) is 0.734. The van der Waals surface area contributed by atoms with Gasteiger partial charge in [0.1, 0.15) is 5.75 Å². The Morgan fingerprint density at radius 1 is 1.57 bits per heavy atom. The zero-order chi connectivity index (χ0) is 10.6. The van der Waals surface area contributed by atoms with E-state index in [2.05, 4.69) is 4.99 Å². The van der Waals surface area contributed by atoms with Gasteiger partial charge in [-0.05, 0) is 17.7 Å². The first kappa shape index (κ1) is 10.6. The van der Waals surface area contributed by atoms with Crippen molar-refractivity contribution in [2.75, 3.05) is 7.05 Å². The number of hydrogen-bond donors (Lipinski definition) is 2. The summed E-state index contributed by atoms with van der Waals surface area (Å²) in [6, 6.07) is 4.88. The molecule has 0 saturated heterocycles. The molecule has 4 heteroatoms. The molecular formula is C10H11ClN2O. The van der Waals surface area contributed by atoms with Crippen LogP contribution in [-0.2, 0) is 0 Å². The molecule has 0 fully saturated rings. The van der Waals surface area contributed by atoms with E-state index in [9.17, 15) is 5.11 Å². The summed E-state index contributed by atoms with van der Waals surface area (Å²) >= 11 is 5.75. The Morgan fingerprint density at radius 3 is 2.79 bits per heavy atom. The maximum Gasteiger partial charge on any atom is 0.134 e. The number of nitrogens with zero attached hydrogens (tertiary/aromatic N) is 1. The Labute approximate surface area is 87.5 Å². The van der Waals surface area contributed by atoms with Crippen LogP contribution in [0.1, 0.15) is 5.56 Å². The minimum Gasteiger partial charge on any atom is -0.506 e. The molecule has 0 amide bonds. The molecule has 14 heavy (non-hydrogen) atoms. The molecule has 0 heterocycles. The van der Waals surface area contributed by atoms with Crippen LogP contribution in [0.2, 0.25) is 5.02 Å². The van der Waals surface area contributed by atoms with Gasteiger partial charge in [0.2, 0.25) is 0 Å². The average molecular weight is 211 g/mol. The minimum atomic E-state index is 0.0558. The van der Waals surface area contributed by atoms with Crippen LogP contribution in [0, 0.1) is 0 Å². The molecule has 1 aromatic carbocycles. The molecule has 0 radical (unpaired) electrons. The fraction of sp³-hybridized carbons (Fsp3) is 0.100. The molecule has 1 rings (SSSR count). The van der Waals surface area contributed by atoms with E-state index >= 15 is 0 Å². The number of allylic oxidation sites excluding steroid dienone is 1. The standard InChI is InChI=1S/C10H11ClN2O/c1-13-6-8(5-12)7-2-3-10(14)9(11)4-7/h2-6,14H,12H2,1H3. The fourth-order valence-electron chi connectivity index (χ4n) is 1.04. The molecular weight excluding hydrogens is 200 g/mol. The predicted molar refractivity (Wildman–Crippen MR) is 59.7 cm³/mol. The third-order valence-corrected chi connectivity index (χ3v) is 2.03. The lowest BCUT2D eigenvalue weighted by Gasteiger charge is -2.02. The van der Waals surface area contributed by atoms with Crippen molar-refractivity contribution in [2.24, 2.45) is 10.7 Å². The van der Waals surface area contributed by atoms with E-state index in [-0.39, 0.29) is 5.75 Å². The maximum atomic E-state index is 9.21. The van der Waals surface area contributed by atoms with Crippen LogP contribution in [0.5, 0.6) is 5.75 Å². The molecule has 0 spiro atoms. The Kier molecular flexibility index (Phi) is 3.54. The van der Waals surface area contributed by atoms with E-state index in [1.807, 2.05) is 0 Å². The lowest BCUT2D eigenvalue weighted by Crippen LogP contribution is -1.91. The van der Waals surface area contributed by atoms with Crippen molar-refractivity contribution in [1.29, 1.82) is 0 Å². The van der Waals surface area contributed by atoms with Crippen LogP contribution in [-0.4, -0.2) is 18.4 Å². The van der Waals surface area contributed by atoms with Gasteiger partial charge in [0.15, 0.2) is 0 Å². The second kappa shape index (κ2) is 4.67. The summed E-state index contributed by atoms with van der Waals surface area (Å²) in [6.07, 6.45) is 3.07. The monoisotopic (exact) mass is 210 g/mol. The Bertz CT molecular complexity index is 386. The Balaban J connectivity index is 3.13. The van der Waals surface area contributed by atoms with Crippen LogP contribution in [0.15, 0.2) is 29.4 Å². The van der Waals surface area contributed by atoms with Crippen LogP contribution in [0.25, 0.3) is 5.57 Å². The zero-order valence-corrected chi connectivity index (χ0v) is 8.49. The van der Waals surface area contributed by atoms with E-state index in [4.69, 9.17) is 17.3 Å². The van der Waals surface area contributed by atoms with Gasteiger partial charge in [-0.1, -0.05) is 17.7 Å². The third kappa shape index (κ3) is 2.26. The van der Waals surface area contributed by atoms with E-state index < -0.39 is 0 Å². The summed E-state index contributed by atoms with van der Waals surface area (Å²) in [7, 11) is 1.66. The van der Waals surface area contributed by atoms with E-state index in [1.165, 1.54) is 12.3 Å². The van der Waals surface area contributed by atoms with Gasteiger partial charge in [-0.15, -0.1) is 0 Å².